The minimum absolute atomic E-state index is 0.198. The van der Waals surface area contributed by atoms with Crippen molar-refractivity contribution in [2.45, 2.75) is 57.2 Å². The topological polar surface area (TPSA) is 73.4 Å². The van der Waals surface area contributed by atoms with Crippen LogP contribution in [0, 0.1) is 0 Å². The highest BCUT2D eigenvalue weighted by molar-refractivity contribution is 5.68. The molecule has 0 radical (unpaired) electrons. The Labute approximate surface area is 125 Å². The molecule has 1 atom stereocenters. The van der Waals surface area contributed by atoms with Crippen LogP contribution in [0.2, 0.25) is 0 Å². The molecule has 116 valence electrons. The number of ether oxygens (including phenoxy) is 1. The second kappa shape index (κ2) is 4.73. The molecule has 2 fully saturated rings. The lowest BCUT2D eigenvalue weighted by Crippen LogP contribution is -2.36. The number of nitrogens with two attached hydrogens (primary N) is 1. The van der Waals surface area contributed by atoms with Crippen LogP contribution < -0.4 is 5.73 Å². The van der Waals surface area contributed by atoms with Gasteiger partial charge in [-0.25, -0.2) is 4.79 Å². The van der Waals surface area contributed by atoms with Crippen molar-refractivity contribution in [3.8, 4) is 0 Å². The van der Waals surface area contributed by atoms with E-state index in [1.54, 1.807) is 11.1 Å². The number of carbonyl (C=O) groups excluding carboxylic acids is 1. The molecule has 2 heterocycles. The third kappa shape index (κ3) is 2.90. The van der Waals surface area contributed by atoms with Gasteiger partial charge in [0.25, 0.3) is 0 Å². The molecule has 2 N–H and O–H groups in total. The third-order valence-corrected chi connectivity index (χ3v) is 4.13. The average Bonchev–Trinajstić information content (AvgIpc) is 2.87. The van der Waals surface area contributed by atoms with E-state index in [9.17, 15) is 4.79 Å². The van der Waals surface area contributed by atoms with Gasteiger partial charge in [-0.15, -0.1) is 0 Å². The van der Waals surface area contributed by atoms with E-state index in [2.05, 4.69) is 5.10 Å². The molecule has 21 heavy (non-hydrogen) atoms. The van der Waals surface area contributed by atoms with Crippen molar-refractivity contribution in [1.82, 2.24) is 14.7 Å². The molecular formula is C15H24N4O2. The van der Waals surface area contributed by atoms with Crippen LogP contribution in [-0.2, 0) is 10.3 Å². The van der Waals surface area contributed by atoms with Crippen LogP contribution in [0.15, 0.2) is 12.3 Å². The van der Waals surface area contributed by atoms with Gasteiger partial charge in [-0.3, -0.25) is 4.68 Å². The lowest BCUT2D eigenvalue weighted by atomic mass is 10.1. The van der Waals surface area contributed by atoms with E-state index in [4.69, 9.17) is 10.5 Å². The predicted octanol–water partition coefficient (Wildman–Crippen LogP) is 2.01. The van der Waals surface area contributed by atoms with Crippen LogP contribution in [0.1, 0.15) is 51.8 Å². The number of likely N-dealkylation sites (tertiary alicyclic amines) is 1. The summed E-state index contributed by atoms with van der Waals surface area (Å²) < 4.78 is 7.44. The van der Waals surface area contributed by atoms with E-state index < -0.39 is 5.60 Å². The van der Waals surface area contributed by atoms with Gasteiger partial charge < -0.3 is 15.4 Å². The van der Waals surface area contributed by atoms with Crippen molar-refractivity contribution in [1.29, 1.82) is 0 Å². The van der Waals surface area contributed by atoms with Gasteiger partial charge in [0.1, 0.15) is 5.60 Å². The molecule has 1 aromatic heterocycles. The monoisotopic (exact) mass is 292 g/mol. The quantitative estimate of drug-likeness (QED) is 0.905. The molecule has 0 spiro atoms. The maximum atomic E-state index is 12.1. The van der Waals surface area contributed by atoms with E-state index in [1.807, 2.05) is 31.5 Å². The number of rotatable bonds is 2. The van der Waals surface area contributed by atoms with E-state index in [1.165, 1.54) is 0 Å². The Morgan fingerprint density at radius 2 is 2.19 bits per heavy atom. The summed E-state index contributed by atoms with van der Waals surface area (Å²) in [7, 11) is 0. The lowest BCUT2D eigenvalue weighted by molar-refractivity contribution is 0.0288. The zero-order valence-corrected chi connectivity index (χ0v) is 13.0. The van der Waals surface area contributed by atoms with Crippen LogP contribution in [0.4, 0.5) is 4.79 Å². The molecule has 6 heteroatoms. The maximum Gasteiger partial charge on any atom is 0.410 e. The minimum atomic E-state index is -0.457. The Morgan fingerprint density at radius 1 is 1.48 bits per heavy atom. The fraction of sp³-hybridized carbons (Fsp3) is 0.733. The van der Waals surface area contributed by atoms with Gasteiger partial charge in [-0.1, -0.05) is 0 Å². The highest BCUT2D eigenvalue weighted by Crippen LogP contribution is 2.43. The fourth-order valence-electron chi connectivity index (χ4n) is 2.82. The first-order chi connectivity index (χ1) is 9.78. The number of amides is 1. The molecular weight excluding hydrogens is 268 g/mol. The van der Waals surface area contributed by atoms with Crippen molar-refractivity contribution >= 4 is 6.09 Å². The minimum Gasteiger partial charge on any atom is -0.444 e. The molecule has 1 aliphatic heterocycles. The summed E-state index contributed by atoms with van der Waals surface area (Å²) in [5.41, 5.74) is 6.73. The SMILES string of the molecule is CC(C)(C)OC(=O)N1CCC(n2nccc2C2(N)CC2)C1. The molecule has 1 aromatic rings. The number of hydrogen-bond acceptors (Lipinski definition) is 4. The number of carbonyl (C=O) groups is 1. The van der Waals surface area contributed by atoms with E-state index in [-0.39, 0.29) is 17.7 Å². The highest BCUT2D eigenvalue weighted by Gasteiger charge is 2.44. The van der Waals surface area contributed by atoms with Crippen molar-refractivity contribution in [3.05, 3.63) is 18.0 Å². The zero-order chi connectivity index (χ0) is 15.3. The molecule has 0 aromatic carbocycles. The van der Waals surface area contributed by atoms with Crippen molar-refractivity contribution < 1.29 is 9.53 Å². The smallest absolute Gasteiger partial charge is 0.410 e. The second-order valence-corrected chi connectivity index (χ2v) is 7.19. The van der Waals surface area contributed by atoms with Gasteiger partial charge in [-0.05, 0) is 46.1 Å². The van der Waals surface area contributed by atoms with Crippen molar-refractivity contribution in [2.75, 3.05) is 13.1 Å². The van der Waals surface area contributed by atoms with E-state index >= 15 is 0 Å². The average molecular weight is 292 g/mol. The summed E-state index contributed by atoms with van der Waals surface area (Å²) in [5, 5.41) is 4.43. The first kappa shape index (κ1) is 14.4. The summed E-state index contributed by atoms with van der Waals surface area (Å²) >= 11 is 0. The predicted molar refractivity (Wildman–Crippen MR) is 78.8 cm³/mol. The Kier molecular flexibility index (Phi) is 3.24. The van der Waals surface area contributed by atoms with Gasteiger partial charge >= 0.3 is 6.09 Å². The fourth-order valence-corrected chi connectivity index (χ4v) is 2.82. The summed E-state index contributed by atoms with van der Waals surface area (Å²) in [6.45, 7) is 7.00. The molecule has 1 saturated heterocycles. The molecule has 3 rings (SSSR count). The molecule has 1 unspecified atom stereocenters. The summed E-state index contributed by atoms with van der Waals surface area (Å²) in [6, 6.07) is 2.20. The van der Waals surface area contributed by atoms with Crippen molar-refractivity contribution in [2.24, 2.45) is 5.73 Å². The third-order valence-electron chi connectivity index (χ3n) is 4.13. The van der Waals surface area contributed by atoms with Gasteiger partial charge in [0, 0.05) is 19.3 Å². The van der Waals surface area contributed by atoms with E-state index in [0.29, 0.717) is 13.1 Å². The van der Waals surface area contributed by atoms with Crippen molar-refractivity contribution in [3.63, 3.8) is 0 Å². The number of hydrogen-bond donors (Lipinski definition) is 1. The highest BCUT2D eigenvalue weighted by atomic mass is 16.6. The molecule has 6 nitrogen and oxygen atoms in total. The summed E-state index contributed by atoms with van der Waals surface area (Å²) in [5.74, 6) is 0. The number of aromatic nitrogens is 2. The molecule has 2 aliphatic rings. The first-order valence-electron chi connectivity index (χ1n) is 7.59. The van der Waals surface area contributed by atoms with Crippen LogP contribution >= 0.6 is 0 Å². The van der Waals surface area contributed by atoms with Crippen LogP contribution in [0.25, 0.3) is 0 Å². The number of nitrogens with zero attached hydrogens (tertiary/aromatic N) is 3. The lowest BCUT2D eigenvalue weighted by Gasteiger charge is -2.24. The maximum absolute atomic E-state index is 12.1. The Hall–Kier alpha value is -1.56. The van der Waals surface area contributed by atoms with Gasteiger partial charge in [0.2, 0.25) is 0 Å². The molecule has 0 bridgehead atoms. The van der Waals surface area contributed by atoms with Gasteiger partial charge in [0.15, 0.2) is 0 Å². The second-order valence-electron chi connectivity index (χ2n) is 7.19. The van der Waals surface area contributed by atoms with E-state index in [0.717, 1.165) is 25.0 Å². The zero-order valence-electron chi connectivity index (χ0n) is 13.0. The van der Waals surface area contributed by atoms with Crippen LogP contribution in [-0.4, -0.2) is 39.5 Å². The van der Waals surface area contributed by atoms with Gasteiger partial charge in [0.05, 0.1) is 17.3 Å². The Morgan fingerprint density at radius 3 is 2.81 bits per heavy atom. The molecule has 1 amide bonds. The molecule has 1 aliphatic carbocycles. The van der Waals surface area contributed by atoms with Crippen LogP contribution in [0.5, 0.6) is 0 Å². The molecule has 1 saturated carbocycles. The Balaban J connectivity index is 1.68. The van der Waals surface area contributed by atoms with Crippen LogP contribution in [0.3, 0.4) is 0 Å². The normalized spacial score (nSPS) is 24.2. The standard InChI is InChI=1S/C15H24N4O2/c1-14(2,3)21-13(20)18-9-5-11(10-18)19-12(4-8-17-19)15(16)6-7-15/h4,8,11H,5-7,9-10,16H2,1-3H3. The first-order valence-corrected chi connectivity index (χ1v) is 7.59. The Bertz CT molecular complexity index is 542. The van der Waals surface area contributed by atoms with Gasteiger partial charge in [-0.2, -0.15) is 5.10 Å². The summed E-state index contributed by atoms with van der Waals surface area (Å²) in [4.78, 5) is 13.9. The summed E-state index contributed by atoms with van der Waals surface area (Å²) in [6.07, 6.45) is 4.48. The largest absolute Gasteiger partial charge is 0.444 e.